The maximum absolute atomic E-state index is 11.7. The molecule has 3 nitrogen and oxygen atoms in total. The van der Waals surface area contributed by atoms with Crippen molar-refractivity contribution in [3.63, 3.8) is 0 Å². The molecule has 17 heavy (non-hydrogen) atoms. The van der Waals surface area contributed by atoms with E-state index in [9.17, 15) is 4.79 Å². The van der Waals surface area contributed by atoms with E-state index in [2.05, 4.69) is 0 Å². The van der Waals surface area contributed by atoms with Gasteiger partial charge < -0.3 is 10.3 Å². The topological polar surface area (TPSA) is 48.0 Å². The van der Waals surface area contributed by atoms with Crippen LogP contribution in [0.3, 0.4) is 0 Å². The first-order valence-corrected chi connectivity index (χ1v) is 5.67. The molecule has 2 aromatic rings. The fourth-order valence-corrected chi connectivity index (χ4v) is 1.72. The molecule has 1 atom stereocenters. The van der Waals surface area contributed by atoms with Crippen molar-refractivity contribution in [1.29, 1.82) is 0 Å². The fraction of sp³-hybridized carbons (Fsp3) is 0.214. The molecule has 0 aliphatic carbocycles. The highest BCUT2D eigenvalue weighted by Crippen LogP contribution is 2.07. The minimum atomic E-state index is -0.0578. The summed E-state index contributed by atoms with van der Waals surface area (Å²) < 4.78 is 1.69. The zero-order valence-electron chi connectivity index (χ0n) is 9.84. The molecule has 0 saturated heterocycles. The molecule has 2 rings (SSSR count). The van der Waals surface area contributed by atoms with E-state index in [1.807, 2.05) is 43.5 Å². The summed E-state index contributed by atoms with van der Waals surface area (Å²) in [4.78, 5) is 11.7. The number of hydrogen-bond donors (Lipinski definition) is 1. The van der Waals surface area contributed by atoms with Crippen LogP contribution in [0.15, 0.2) is 53.5 Å². The Labute approximate surface area is 101 Å². The van der Waals surface area contributed by atoms with Gasteiger partial charge in [-0.15, -0.1) is 0 Å². The van der Waals surface area contributed by atoms with Crippen LogP contribution in [-0.2, 0) is 6.54 Å². The summed E-state index contributed by atoms with van der Waals surface area (Å²) in [5.41, 5.74) is 7.89. The van der Waals surface area contributed by atoms with Gasteiger partial charge in [0.2, 0.25) is 0 Å². The van der Waals surface area contributed by atoms with Crippen LogP contribution in [0.2, 0.25) is 0 Å². The summed E-state index contributed by atoms with van der Waals surface area (Å²) in [5.74, 6) is 0. The van der Waals surface area contributed by atoms with Crippen molar-refractivity contribution in [2.24, 2.45) is 5.73 Å². The molecule has 0 spiro atoms. The van der Waals surface area contributed by atoms with Crippen molar-refractivity contribution in [2.75, 3.05) is 0 Å². The molecule has 1 aromatic heterocycles. The molecule has 88 valence electrons. The maximum Gasteiger partial charge on any atom is 0.250 e. The maximum atomic E-state index is 11.7. The highest BCUT2D eigenvalue weighted by atomic mass is 16.1. The predicted molar refractivity (Wildman–Crippen MR) is 68.8 cm³/mol. The molecule has 3 heteroatoms. The summed E-state index contributed by atoms with van der Waals surface area (Å²) in [6.07, 6.45) is 1.83. The average Bonchev–Trinajstić information content (AvgIpc) is 2.33. The second kappa shape index (κ2) is 4.97. The Balaban J connectivity index is 2.32. The van der Waals surface area contributed by atoms with E-state index in [1.165, 1.54) is 0 Å². The average molecular weight is 228 g/mol. The second-order valence-electron chi connectivity index (χ2n) is 4.20. The minimum Gasteiger partial charge on any atom is -0.324 e. The Kier molecular flexibility index (Phi) is 3.40. The first-order chi connectivity index (χ1) is 8.16. The number of rotatable bonds is 3. The van der Waals surface area contributed by atoms with E-state index in [0.717, 1.165) is 11.1 Å². The molecule has 0 fully saturated rings. The van der Waals surface area contributed by atoms with E-state index in [-0.39, 0.29) is 11.6 Å². The fourth-order valence-electron chi connectivity index (χ4n) is 1.72. The summed E-state index contributed by atoms with van der Waals surface area (Å²) in [6.45, 7) is 2.49. The zero-order valence-corrected chi connectivity index (χ0v) is 9.84. The predicted octanol–water partition coefficient (Wildman–Crippen LogP) is 1.92. The SMILES string of the molecule is CC(N)c1ccc(=O)n(Cc2ccccc2)c1. The number of nitrogens with two attached hydrogens (primary N) is 1. The lowest BCUT2D eigenvalue weighted by Crippen LogP contribution is -2.21. The van der Waals surface area contributed by atoms with Crippen molar-refractivity contribution in [1.82, 2.24) is 4.57 Å². The van der Waals surface area contributed by atoms with Crippen molar-refractivity contribution in [3.8, 4) is 0 Å². The van der Waals surface area contributed by atoms with Gasteiger partial charge >= 0.3 is 0 Å². The summed E-state index contributed by atoms with van der Waals surface area (Å²) in [6, 6.07) is 13.2. The quantitative estimate of drug-likeness (QED) is 0.872. The molecule has 2 N–H and O–H groups in total. The van der Waals surface area contributed by atoms with Crippen LogP contribution in [0.4, 0.5) is 0 Å². The van der Waals surface area contributed by atoms with Gasteiger partial charge in [-0.05, 0) is 18.1 Å². The van der Waals surface area contributed by atoms with E-state index in [4.69, 9.17) is 5.73 Å². The molecule has 0 saturated carbocycles. The van der Waals surface area contributed by atoms with Crippen LogP contribution in [0.5, 0.6) is 0 Å². The standard InChI is InChI=1S/C14H16N2O/c1-11(15)13-7-8-14(17)16(10-13)9-12-5-3-2-4-6-12/h2-8,10-11H,9,15H2,1H3. The third-order valence-corrected chi connectivity index (χ3v) is 2.73. The van der Waals surface area contributed by atoms with E-state index in [1.54, 1.807) is 16.7 Å². The third kappa shape index (κ3) is 2.82. The molecule has 0 radical (unpaired) electrons. The molecule has 0 aliphatic heterocycles. The van der Waals surface area contributed by atoms with Crippen molar-refractivity contribution in [2.45, 2.75) is 19.5 Å². The van der Waals surface area contributed by atoms with Gasteiger partial charge in [0.15, 0.2) is 0 Å². The lowest BCUT2D eigenvalue weighted by molar-refractivity contribution is 0.723. The van der Waals surface area contributed by atoms with Gasteiger partial charge in [-0.3, -0.25) is 4.79 Å². The van der Waals surface area contributed by atoms with Crippen LogP contribution < -0.4 is 11.3 Å². The Hall–Kier alpha value is -1.87. The van der Waals surface area contributed by atoms with Gasteiger partial charge in [0.1, 0.15) is 0 Å². The second-order valence-corrected chi connectivity index (χ2v) is 4.20. The van der Waals surface area contributed by atoms with Crippen LogP contribution in [0.1, 0.15) is 24.1 Å². The van der Waals surface area contributed by atoms with Crippen LogP contribution >= 0.6 is 0 Å². The number of hydrogen-bond acceptors (Lipinski definition) is 2. The Morgan fingerprint density at radius 1 is 1.18 bits per heavy atom. The molecular formula is C14H16N2O. The van der Waals surface area contributed by atoms with Gasteiger partial charge in [-0.2, -0.15) is 0 Å². The largest absolute Gasteiger partial charge is 0.324 e. The number of benzene rings is 1. The van der Waals surface area contributed by atoms with Crippen molar-refractivity contribution >= 4 is 0 Å². The highest BCUT2D eigenvalue weighted by Gasteiger charge is 2.03. The Morgan fingerprint density at radius 3 is 2.53 bits per heavy atom. The van der Waals surface area contributed by atoms with E-state index in [0.29, 0.717) is 6.54 Å². The first-order valence-electron chi connectivity index (χ1n) is 5.67. The number of nitrogens with zero attached hydrogens (tertiary/aromatic N) is 1. The van der Waals surface area contributed by atoms with Crippen molar-refractivity contribution < 1.29 is 0 Å². The minimum absolute atomic E-state index is 0.00162. The first kappa shape index (κ1) is 11.6. The van der Waals surface area contributed by atoms with Gasteiger partial charge in [0, 0.05) is 18.3 Å². The van der Waals surface area contributed by atoms with Crippen molar-refractivity contribution in [3.05, 3.63) is 70.1 Å². The zero-order chi connectivity index (χ0) is 12.3. The lowest BCUT2D eigenvalue weighted by atomic mass is 10.1. The third-order valence-electron chi connectivity index (χ3n) is 2.73. The Bertz CT molecular complexity index is 544. The van der Waals surface area contributed by atoms with E-state index >= 15 is 0 Å². The molecule has 0 aliphatic rings. The van der Waals surface area contributed by atoms with Crippen LogP contribution in [0.25, 0.3) is 0 Å². The summed E-state index contributed by atoms with van der Waals surface area (Å²) in [7, 11) is 0. The number of aromatic nitrogens is 1. The molecule has 0 bridgehead atoms. The lowest BCUT2D eigenvalue weighted by Gasteiger charge is -2.10. The monoisotopic (exact) mass is 228 g/mol. The van der Waals surface area contributed by atoms with Gasteiger partial charge in [-0.1, -0.05) is 36.4 Å². The normalized spacial score (nSPS) is 12.4. The summed E-state index contributed by atoms with van der Waals surface area (Å²) >= 11 is 0. The highest BCUT2D eigenvalue weighted by molar-refractivity contribution is 5.18. The molecule has 1 heterocycles. The van der Waals surface area contributed by atoms with Crippen LogP contribution in [-0.4, -0.2) is 4.57 Å². The molecule has 1 unspecified atom stereocenters. The summed E-state index contributed by atoms with van der Waals surface area (Å²) in [5, 5.41) is 0. The van der Waals surface area contributed by atoms with E-state index < -0.39 is 0 Å². The smallest absolute Gasteiger partial charge is 0.250 e. The van der Waals surface area contributed by atoms with Gasteiger partial charge in [0.05, 0.1) is 6.54 Å². The molecular weight excluding hydrogens is 212 g/mol. The molecule has 0 amide bonds. The van der Waals surface area contributed by atoms with Gasteiger partial charge in [-0.25, -0.2) is 0 Å². The molecule has 1 aromatic carbocycles. The Morgan fingerprint density at radius 2 is 1.88 bits per heavy atom. The van der Waals surface area contributed by atoms with Gasteiger partial charge in [0.25, 0.3) is 5.56 Å². The number of pyridine rings is 1. The van der Waals surface area contributed by atoms with Crippen LogP contribution in [0, 0.1) is 0 Å².